The molecule has 1 aromatic rings. The lowest BCUT2D eigenvalue weighted by Gasteiger charge is -2.35. The van der Waals surface area contributed by atoms with Crippen molar-refractivity contribution >= 4 is 10.2 Å². The zero-order valence-corrected chi connectivity index (χ0v) is 14.8. The van der Waals surface area contributed by atoms with Crippen molar-refractivity contribution in [2.45, 2.75) is 37.5 Å². The molecular formula is C16H21F3N2O3S. The molecule has 140 valence electrons. The third-order valence-electron chi connectivity index (χ3n) is 4.99. The SMILES string of the molecule is CN(C)S(=O)(=O)N1[C@H]2CC[C@@H](C2)[C@H]1COc1cccc(C(F)(F)F)c1. The summed E-state index contributed by atoms with van der Waals surface area (Å²) in [7, 11) is -0.629. The molecule has 1 saturated carbocycles. The van der Waals surface area contributed by atoms with E-state index in [-0.39, 0.29) is 30.4 Å². The van der Waals surface area contributed by atoms with Gasteiger partial charge in [-0.1, -0.05) is 6.07 Å². The summed E-state index contributed by atoms with van der Waals surface area (Å²) >= 11 is 0. The van der Waals surface area contributed by atoms with Crippen molar-refractivity contribution in [3.63, 3.8) is 0 Å². The van der Waals surface area contributed by atoms with Gasteiger partial charge in [0.25, 0.3) is 10.2 Å². The predicted molar refractivity (Wildman–Crippen MR) is 86.3 cm³/mol. The molecule has 0 unspecified atom stereocenters. The van der Waals surface area contributed by atoms with Crippen LogP contribution in [0.5, 0.6) is 5.75 Å². The molecule has 2 aliphatic rings. The van der Waals surface area contributed by atoms with E-state index in [1.54, 1.807) is 0 Å². The maximum absolute atomic E-state index is 12.8. The number of ether oxygens (including phenoxy) is 1. The lowest BCUT2D eigenvalue weighted by Crippen LogP contribution is -2.51. The van der Waals surface area contributed by atoms with Crippen LogP contribution in [0.1, 0.15) is 24.8 Å². The van der Waals surface area contributed by atoms with Gasteiger partial charge in [-0.3, -0.25) is 0 Å². The highest BCUT2D eigenvalue weighted by atomic mass is 32.2. The number of fused-ring (bicyclic) bond motifs is 2. The Labute approximate surface area is 145 Å². The second-order valence-electron chi connectivity index (χ2n) is 6.75. The lowest BCUT2D eigenvalue weighted by atomic mass is 10.0. The summed E-state index contributed by atoms with van der Waals surface area (Å²) in [5.74, 6) is 0.283. The molecule has 2 bridgehead atoms. The molecule has 2 fully saturated rings. The van der Waals surface area contributed by atoms with Gasteiger partial charge in [-0.05, 0) is 43.4 Å². The monoisotopic (exact) mass is 378 g/mol. The minimum atomic E-state index is -4.44. The summed E-state index contributed by atoms with van der Waals surface area (Å²) in [6.07, 6.45) is -1.92. The van der Waals surface area contributed by atoms with Gasteiger partial charge in [-0.2, -0.15) is 30.2 Å². The fraction of sp³-hybridized carbons (Fsp3) is 0.625. The molecule has 0 spiro atoms. The van der Waals surface area contributed by atoms with Crippen molar-refractivity contribution in [1.29, 1.82) is 0 Å². The summed E-state index contributed by atoms with van der Waals surface area (Å²) < 4.78 is 71.7. The molecule has 0 amide bonds. The van der Waals surface area contributed by atoms with E-state index in [1.807, 2.05) is 0 Å². The van der Waals surface area contributed by atoms with Gasteiger partial charge >= 0.3 is 6.18 Å². The van der Waals surface area contributed by atoms with E-state index >= 15 is 0 Å². The molecule has 9 heteroatoms. The van der Waals surface area contributed by atoms with Crippen LogP contribution in [0, 0.1) is 5.92 Å². The summed E-state index contributed by atoms with van der Waals surface area (Å²) in [5.41, 5.74) is -0.782. The molecule has 3 atom stereocenters. The van der Waals surface area contributed by atoms with Crippen LogP contribution >= 0.6 is 0 Å². The van der Waals surface area contributed by atoms with Crippen LogP contribution in [0.15, 0.2) is 24.3 Å². The van der Waals surface area contributed by atoms with Crippen molar-refractivity contribution in [3.8, 4) is 5.75 Å². The normalized spacial score (nSPS) is 27.2. The minimum absolute atomic E-state index is 0.0486. The van der Waals surface area contributed by atoms with Crippen LogP contribution in [-0.4, -0.2) is 49.8 Å². The first-order valence-electron chi connectivity index (χ1n) is 8.11. The number of halogens is 3. The molecule has 0 radical (unpaired) electrons. The van der Waals surface area contributed by atoms with E-state index in [1.165, 1.54) is 34.8 Å². The number of nitrogens with zero attached hydrogens (tertiary/aromatic N) is 2. The summed E-state index contributed by atoms with van der Waals surface area (Å²) in [6, 6.07) is 4.26. The molecule has 1 saturated heterocycles. The zero-order valence-electron chi connectivity index (χ0n) is 14.0. The number of alkyl halides is 3. The van der Waals surface area contributed by atoms with Crippen LogP contribution in [-0.2, 0) is 16.4 Å². The molecular weight excluding hydrogens is 357 g/mol. The maximum Gasteiger partial charge on any atom is 0.416 e. The Kier molecular flexibility index (Phi) is 4.76. The van der Waals surface area contributed by atoms with E-state index in [0.29, 0.717) is 0 Å². The van der Waals surface area contributed by atoms with Crippen molar-refractivity contribution in [2.75, 3.05) is 20.7 Å². The van der Waals surface area contributed by atoms with Gasteiger partial charge in [0.1, 0.15) is 12.4 Å². The second-order valence-corrected chi connectivity index (χ2v) is 8.80. The molecule has 5 nitrogen and oxygen atoms in total. The van der Waals surface area contributed by atoms with E-state index in [2.05, 4.69) is 0 Å². The van der Waals surface area contributed by atoms with E-state index in [0.717, 1.165) is 31.4 Å². The highest BCUT2D eigenvalue weighted by Gasteiger charge is 2.52. The largest absolute Gasteiger partial charge is 0.492 e. The smallest absolute Gasteiger partial charge is 0.416 e. The quantitative estimate of drug-likeness (QED) is 0.792. The first-order chi connectivity index (χ1) is 11.6. The van der Waals surface area contributed by atoms with Gasteiger partial charge in [0.05, 0.1) is 11.6 Å². The summed E-state index contributed by atoms with van der Waals surface area (Å²) in [4.78, 5) is 0. The van der Waals surface area contributed by atoms with Crippen LogP contribution in [0.2, 0.25) is 0 Å². The second kappa shape index (κ2) is 6.44. The predicted octanol–water partition coefficient (Wildman–Crippen LogP) is 2.74. The van der Waals surface area contributed by atoms with E-state index < -0.39 is 21.9 Å². The molecule has 1 aliphatic heterocycles. The van der Waals surface area contributed by atoms with Crippen LogP contribution in [0.4, 0.5) is 13.2 Å². The fourth-order valence-electron chi connectivity index (χ4n) is 3.75. The van der Waals surface area contributed by atoms with E-state index in [9.17, 15) is 21.6 Å². The van der Waals surface area contributed by atoms with Gasteiger partial charge in [0.2, 0.25) is 0 Å². The Balaban J connectivity index is 1.76. The van der Waals surface area contributed by atoms with E-state index in [4.69, 9.17) is 4.74 Å². The average Bonchev–Trinajstić information content (AvgIpc) is 3.13. The maximum atomic E-state index is 12.8. The molecule has 1 aliphatic carbocycles. The van der Waals surface area contributed by atoms with Crippen molar-refractivity contribution in [1.82, 2.24) is 8.61 Å². The Morgan fingerprint density at radius 3 is 2.64 bits per heavy atom. The topological polar surface area (TPSA) is 49.9 Å². The standard InChI is InChI=1S/C16H21F3N2O3S/c1-20(2)25(22,23)21-13-7-6-11(8-13)15(21)10-24-14-5-3-4-12(9-14)16(17,18)19/h3-5,9,11,13,15H,6-8,10H2,1-2H3/t11-,13-,15+/m0/s1. The lowest BCUT2D eigenvalue weighted by molar-refractivity contribution is -0.137. The summed E-state index contributed by atoms with van der Waals surface area (Å²) in [6.45, 7) is 0.0511. The molecule has 25 heavy (non-hydrogen) atoms. The molecule has 1 heterocycles. The highest BCUT2D eigenvalue weighted by molar-refractivity contribution is 7.86. The van der Waals surface area contributed by atoms with Crippen LogP contribution in [0.3, 0.4) is 0 Å². The van der Waals surface area contributed by atoms with Gasteiger partial charge in [-0.15, -0.1) is 0 Å². The average molecular weight is 378 g/mol. The Hall–Kier alpha value is -1.32. The van der Waals surface area contributed by atoms with Gasteiger partial charge in [-0.25, -0.2) is 0 Å². The van der Waals surface area contributed by atoms with Crippen molar-refractivity contribution < 1.29 is 26.3 Å². The third kappa shape index (κ3) is 3.50. The number of rotatable bonds is 5. The Morgan fingerprint density at radius 2 is 2.00 bits per heavy atom. The van der Waals surface area contributed by atoms with Crippen molar-refractivity contribution in [2.24, 2.45) is 5.92 Å². The zero-order chi connectivity index (χ0) is 18.4. The number of benzene rings is 1. The first-order valence-corrected chi connectivity index (χ1v) is 9.51. The van der Waals surface area contributed by atoms with Gasteiger partial charge in [0, 0.05) is 20.1 Å². The van der Waals surface area contributed by atoms with Crippen molar-refractivity contribution in [3.05, 3.63) is 29.8 Å². The van der Waals surface area contributed by atoms with Gasteiger partial charge in [0.15, 0.2) is 0 Å². The molecule has 0 N–H and O–H groups in total. The van der Waals surface area contributed by atoms with Crippen LogP contribution in [0.25, 0.3) is 0 Å². The number of hydrogen-bond donors (Lipinski definition) is 0. The Bertz CT molecular complexity index is 736. The minimum Gasteiger partial charge on any atom is -0.492 e. The first kappa shape index (κ1) is 18.5. The molecule has 3 rings (SSSR count). The third-order valence-corrected chi connectivity index (χ3v) is 7.01. The van der Waals surface area contributed by atoms with Gasteiger partial charge < -0.3 is 4.74 Å². The fourth-order valence-corrected chi connectivity index (χ4v) is 5.27. The Morgan fingerprint density at radius 1 is 1.28 bits per heavy atom. The molecule has 1 aromatic carbocycles. The molecule has 0 aromatic heterocycles. The highest BCUT2D eigenvalue weighted by Crippen LogP contribution is 2.44. The van der Waals surface area contributed by atoms with Crippen LogP contribution < -0.4 is 4.74 Å². The number of hydrogen-bond acceptors (Lipinski definition) is 3. The summed E-state index contributed by atoms with van der Waals surface area (Å²) in [5, 5.41) is 0. The number of piperidine rings is 1.